The van der Waals surface area contributed by atoms with Gasteiger partial charge in [-0.2, -0.15) is 10.2 Å². The zero-order valence-corrected chi connectivity index (χ0v) is 18.8. The minimum Gasteiger partial charge on any atom is -0.443 e. The molecule has 0 aliphatic heterocycles. The number of carbonyl (C=O) groups is 2. The molecular weight excluding hydrogens is 457 g/mol. The molecular formula is C21H27F3N6O4. The number of nitrogens with one attached hydrogen (secondary N) is 3. The maximum atomic E-state index is 14.5. The predicted molar refractivity (Wildman–Crippen MR) is 113 cm³/mol. The first-order valence-electron chi connectivity index (χ1n) is 11.0. The Morgan fingerprint density at radius 3 is 2.79 bits per heavy atom. The number of rotatable bonds is 9. The first-order valence-corrected chi connectivity index (χ1v) is 11.0. The summed E-state index contributed by atoms with van der Waals surface area (Å²) in [5.41, 5.74) is 0.894. The highest BCUT2D eigenvalue weighted by molar-refractivity contribution is 6.02. The van der Waals surface area contributed by atoms with Gasteiger partial charge in [-0.25, -0.2) is 18.0 Å². The first-order chi connectivity index (χ1) is 16.1. The van der Waals surface area contributed by atoms with Crippen LogP contribution in [0.2, 0.25) is 0 Å². The number of amides is 2. The number of anilines is 1. The van der Waals surface area contributed by atoms with Crippen LogP contribution in [-0.2, 0) is 23.1 Å². The van der Waals surface area contributed by atoms with Crippen LogP contribution in [0, 0.1) is 0 Å². The third-order valence-electron chi connectivity index (χ3n) is 6.03. The van der Waals surface area contributed by atoms with E-state index in [1.807, 2.05) is 6.92 Å². The fraction of sp³-hybridized carbons (Fsp3) is 0.619. The molecule has 2 aromatic rings. The average molecular weight is 484 g/mol. The number of aromatic amines is 1. The van der Waals surface area contributed by atoms with Crippen molar-refractivity contribution in [1.29, 1.82) is 0 Å². The molecule has 2 fully saturated rings. The number of ether oxygens (including phenoxy) is 2. The van der Waals surface area contributed by atoms with Crippen molar-refractivity contribution in [3.63, 3.8) is 0 Å². The van der Waals surface area contributed by atoms with Crippen molar-refractivity contribution in [2.45, 2.75) is 69.4 Å². The summed E-state index contributed by atoms with van der Waals surface area (Å²) in [7, 11) is 1.54. The summed E-state index contributed by atoms with van der Waals surface area (Å²) < 4.78 is 50.3. The van der Waals surface area contributed by atoms with Crippen LogP contribution in [0.25, 0.3) is 0 Å². The molecule has 2 heterocycles. The number of aromatic nitrogens is 4. The standard InChI is InChI=1S/C21H27F3N6O4/c1-21(3-4-21)26-20(32)34-16-6-11(5-13(16)22)14-8-18(28-27-14)25-19(31)15-7-12(29-30(15)2)9-33-10-17(23)24/h7-8,11,13,16-17H,3-6,9-10H2,1-2H3,(H,26,32)(H2,25,27,28,31)/t11-,13+,16-/m1/s1. The molecule has 34 heavy (non-hydrogen) atoms. The highest BCUT2D eigenvalue weighted by atomic mass is 19.3. The SMILES string of the molecule is Cn1nc(COCC(F)F)cc1C(=O)Nc1cc([C@@H]2C[C@H](F)[C@H](OC(=O)NC3(C)CC3)C2)[nH]n1. The molecule has 10 nitrogen and oxygen atoms in total. The van der Waals surface area contributed by atoms with Crippen LogP contribution in [0.1, 0.15) is 60.4 Å². The maximum Gasteiger partial charge on any atom is 0.407 e. The summed E-state index contributed by atoms with van der Waals surface area (Å²) in [5.74, 6) is -0.525. The van der Waals surface area contributed by atoms with E-state index in [4.69, 9.17) is 9.47 Å². The molecule has 3 atom stereocenters. The summed E-state index contributed by atoms with van der Waals surface area (Å²) in [6, 6.07) is 3.04. The second-order valence-electron chi connectivity index (χ2n) is 9.03. The number of nitrogens with zero attached hydrogens (tertiary/aromatic N) is 3. The third kappa shape index (κ3) is 5.88. The molecule has 3 N–H and O–H groups in total. The Labute approximate surface area is 193 Å². The molecule has 0 spiro atoms. The minimum atomic E-state index is -2.59. The van der Waals surface area contributed by atoms with Crippen LogP contribution >= 0.6 is 0 Å². The lowest BCUT2D eigenvalue weighted by Crippen LogP contribution is -2.38. The Morgan fingerprint density at radius 1 is 1.32 bits per heavy atom. The smallest absolute Gasteiger partial charge is 0.407 e. The lowest BCUT2D eigenvalue weighted by molar-refractivity contribution is 0.00871. The highest BCUT2D eigenvalue weighted by Gasteiger charge is 2.42. The van der Waals surface area contributed by atoms with E-state index in [1.165, 1.54) is 10.7 Å². The largest absolute Gasteiger partial charge is 0.443 e. The molecule has 2 amide bonds. The normalized spacial score (nSPS) is 23.2. The monoisotopic (exact) mass is 484 g/mol. The second-order valence-corrected chi connectivity index (χ2v) is 9.03. The van der Waals surface area contributed by atoms with Gasteiger partial charge in [0.15, 0.2) is 5.82 Å². The van der Waals surface area contributed by atoms with Gasteiger partial charge >= 0.3 is 6.09 Å². The summed E-state index contributed by atoms with van der Waals surface area (Å²) in [5, 5.41) is 16.3. The topological polar surface area (TPSA) is 123 Å². The molecule has 0 unspecified atom stereocenters. The summed E-state index contributed by atoms with van der Waals surface area (Å²) in [6.45, 7) is 1.04. The van der Waals surface area contributed by atoms with Gasteiger partial charge in [0.05, 0.1) is 12.3 Å². The van der Waals surface area contributed by atoms with E-state index < -0.39 is 37.3 Å². The Morgan fingerprint density at radius 2 is 2.09 bits per heavy atom. The zero-order chi connectivity index (χ0) is 24.5. The number of hydrogen-bond donors (Lipinski definition) is 3. The Kier molecular flexibility index (Phi) is 6.82. The van der Waals surface area contributed by atoms with Crippen LogP contribution in [0.5, 0.6) is 0 Å². The molecule has 0 radical (unpaired) electrons. The fourth-order valence-electron chi connectivity index (χ4n) is 3.90. The van der Waals surface area contributed by atoms with Gasteiger partial charge < -0.3 is 20.1 Å². The number of halogens is 3. The van der Waals surface area contributed by atoms with Crippen molar-refractivity contribution in [2.24, 2.45) is 7.05 Å². The van der Waals surface area contributed by atoms with Gasteiger partial charge in [-0.1, -0.05) is 0 Å². The van der Waals surface area contributed by atoms with Crippen LogP contribution in [-0.4, -0.2) is 62.8 Å². The van der Waals surface area contributed by atoms with Gasteiger partial charge in [0.2, 0.25) is 0 Å². The van der Waals surface area contributed by atoms with Gasteiger partial charge in [-0.15, -0.1) is 0 Å². The molecule has 2 saturated carbocycles. The zero-order valence-electron chi connectivity index (χ0n) is 18.8. The maximum absolute atomic E-state index is 14.5. The number of hydrogen-bond acceptors (Lipinski definition) is 6. The average Bonchev–Trinajstić information content (AvgIpc) is 3.10. The molecule has 0 bridgehead atoms. The fourth-order valence-corrected chi connectivity index (χ4v) is 3.90. The van der Waals surface area contributed by atoms with E-state index in [2.05, 4.69) is 25.9 Å². The highest BCUT2D eigenvalue weighted by Crippen LogP contribution is 2.39. The van der Waals surface area contributed by atoms with E-state index in [1.54, 1.807) is 13.1 Å². The van der Waals surface area contributed by atoms with Crippen molar-refractivity contribution in [2.75, 3.05) is 11.9 Å². The van der Waals surface area contributed by atoms with Crippen LogP contribution in [0.3, 0.4) is 0 Å². The van der Waals surface area contributed by atoms with E-state index in [9.17, 15) is 22.8 Å². The number of H-pyrrole nitrogens is 1. The Balaban J connectivity index is 1.31. The molecule has 0 aromatic carbocycles. The molecule has 2 aliphatic carbocycles. The van der Waals surface area contributed by atoms with Gasteiger partial charge in [0, 0.05) is 30.3 Å². The second kappa shape index (κ2) is 9.65. The summed E-state index contributed by atoms with van der Waals surface area (Å²) >= 11 is 0. The molecule has 0 saturated heterocycles. The van der Waals surface area contributed by atoms with Gasteiger partial charge in [0.1, 0.15) is 24.6 Å². The lowest BCUT2D eigenvalue weighted by Gasteiger charge is -2.17. The molecule has 2 aliphatic rings. The van der Waals surface area contributed by atoms with Crippen molar-refractivity contribution >= 4 is 17.8 Å². The number of alkyl carbamates (subject to hydrolysis) is 1. The first kappa shape index (κ1) is 24.0. The Hall–Kier alpha value is -3.09. The third-order valence-corrected chi connectivity index (χ3v) is 6.03. The summed E-state index contributed by atoms with van der Waals surface area (Å²) in [6.07, 6.45) is -3.14. The lowest BCUT2D eigenvalue weighted by atomic mass is 10.0. The molecule has 13 heteroatoms. The van der Waals surface area contributed by atoms with Gasteiger partial charge in [-0.3, -0.25) is 14.6 Å². The van der Waals surface area contributed by atoms with E-state index in [0.717, 1.165) is 12.8 Å². The van der Waals surface area contributed by atoms with E-state index in [0.29, 0.717) is 17.8 Å². The molecule has 4 rings (SSSR count). The molecule has 2 aromatic heterocycles. The van der Waals surface area contributed by atoms with Crippen molar-refractivity contribution < 1.29 is 32.2 Å². The predicted octanol–water partition coefficient (Wildman–Crippen LogP) is 3.04. The Bertz CT molecular complexity index is 1040. The number of carbonyl (C=O) groups excluding carboxylic acids is 2. The van der Waals surface area contributed by atoms with Crippen LogP contribution in [0.15, 0.2) is 12.1 Å². The van der Waals surface area contributed by atoms with Crippen LogP contribution < -0.4 is 10.6 Å². The minimum absolute atomic E-state index is 0.148. The van der Waals surface area contributed by atoms with Crippen molar-refractivity contribution in [3.05, 3.63) is 29.2 Å². The summed E-state index contributed by atoms with van der Waals surface area (Å²) in [4.78, 5) is 24.6. The van der Waals surface area contributed by atoms with Gasteiger partial charge in [0.25, 0.3) is 12.3 Å². The van der Waals surface area contributed by atoms with Crippen LogP contribution in [0.4, 0.5) is 23.8 Å². The number of alkyl halides is 3. The quantitative estimate of drug-likeness (QED) is 0.503. The van der Waals surface area contributed by atoms with E-state index in [-0.39, 0.29) is 36.0 Å². The van der Waals surface area contributed by atoms with Gasteiger partial charge in [-0.05, 0) is 38.7 Å². The van der Waals surface area contributed by atoms with Crippen molar-refractivity contribution in [1.82, 2.24) is 25.3 Å². The van der Waals surface area contributed by atoms with Crippen molar-refractivity contribution in [3.8, 4) is 0 Å². The molecule has 186 valence electrons. The van der Waals surface area contributed by atoms with E-state index >= 15 is 0 Å². The number of aryl methyl sites for hydroxylation is 1.